The van der Waals surface area contributed by atoms with Crippen LogP contribution in [0.5, 0.6) is 5.75 Å². The van der Waals surface area contributed by atoms with Gasteiger partial charge in [-0.25, -0.2) is 9.78 Å². The summed E-state index contributed by atoms with van der Waals surface area (Å²) in [5, 5.41) is 5.80. The van der Waals surface area contributed by atoms with Crippen molar-refractivity contribution in [2.45, 2.75) is 19.5 Å². The van der Waals surface area contributed by atoms with E-state index in [-0.39, 0.29) is 6.03 Å². The zero-order chi connectivity index (χ0) is 19.3. The number of imidazole rings is 1. The summed E-state index contributed by atoms with van der Waals surface area (Å²) < 4.78 is 5.14. The zero-order valence-corrected chi connectivity index (χ0v) is 15.7. The summed E-state index contributed by atoms with van der Waals surface area (Å²) in [7, 11) is 1.63. The highest BCUT2D eigenvalue weighted by molar-refractivity contribution is 5.90. The molecule has 144 valence electrons. The Morgan fingerprint density at radius 3 is 2.86 bits per heavy atom. The molecule has 0 saturated carbocycles. The number of carbonyl (C=O) groups is 1. The Hall–Kier alpha value is -3.48. The van der Waals surface area contributed by atoms with Crippen LogP contribution < -0.4 is 20.3 Å². The molecule has 0 radical (unpaired) electrons. The molecule has 1 aliphatic heterocycles. The van der Waals surface area contributed by atoms with E-state index in [1.54, 1.807) is 13.4 Å². The normalized spacial score (nSPS) is 12.5. The molecule has 1 aliphatic rings. The number of rotatable bonds is 6. The number of anilines is 2. The van der Waals surface area contributed by atoms with Crippen molar-refractivity contribution in [3.8, 4) is 5.75 Å². The molecule has 3 aromatic rings. The van der Waals surface area contributed by atoms with Gasteiger partial charge in [-0.15, -0.1) is 0 Å². The maximum absolute atomic E-state index is 12.3. The molecule has 2 amide bonds. The molecule has 0 aliphatic carbocycles. The van der Waals surface area contributed by atoms with Crippen LogP contribution in [0.15, 0.2) is 55.0 Å². The summed E-state index contributed by atoms with van der Waals surface area (Å²) in [5.41, 5.74) is 5.23. The van der Waals surface area contributed by atoms with Crippen LogP contribution in [0.25, 0.3) is 0 Å². The minimum Gasteiger partial charge on any atom is -0.497 e. The van der Waals surface area contributed by atoms with Gasteiger partial charge in [-0.05, 0) is 41.8 Å². The van der Waals surface area contributed by atoms with E-state index < -0.39 is 0 Å². The predicted molar refractivity (Wildman–Crippen MR) is 109 cm³/mol. The number of nitrogens with one attached hydrogen (secondary N) is 3. The first-order chi connectivity index (χ1) is 13.7. The van der Waals surface area contributed by atoms with Crippen LogP contribution >= 0.6 is 0 Å². The lowest BCUT2D eigenvalue weighted by Gasteiger charge is -2.19. The van der Waals surface area contributed by atoms with E-state index >= 15 is 0 Å². The van der Waals surface area contributed by atoms with Crippen LogP contribution in [0.2, 0.25) is 0 Å². The van der Waals surface area contributed by atoms with Crippen LogP contribution in [-0.2, 0) is 19.5 Å². The van der Waals surface area contributed by atoms with E-state index in [2.05, 4.69) is 31.6 Å². The molecule has 4 rings (SSSR count). The van der Waals surface area contributed by atoms with Gasteiger partial charge in [0, 0.05) is 30.7 Å². The summed E-state index contributed by atoms with van der Waals surface area (Å²) >= 11 is 0. The van der Waals surface area contributed by atoms with E-state index in [9.17, 15) is 4.79 Å². The number of hydrogen-bond acceptors (Lipinski definition) is 4. The summed E-state index contributed by atoms with van der Waals surface area (Å²) in [6.45, 7) is 2.16. The fourth-order valence-electron chi connectivity index (χ4n) is 3.36. The minimum atomic E-state index is -0.229. The Kier molecular flexibility index (Phi) is 5.14. The first kappa shape index (κ1) is 17.9. The highest BCUT2D eigenvalue weighted by atomic mass is 16.5. The van der Waals surface area contributed by atoms with Crippen molar-refractivity contribution in [1.29, 1.82) is 0 Å². The third-order valence-electron chi connectivity index (χ3n) is 4.85. The number of hydrogen-bond donors (Lipinski definition) is 3. The van der Waals surface area contributed by atoms with Gasteiger partial charge in [0.1, 0.15) is 5.75 Å². The van der Waals surface area contributed by atoms with E-state index in [1.807, 2.05) is 42.6 Å². The molecule has 0 spiro atoms. The number of aromatic amines is 1. The smallest absolute Gasteiger partial charge is 0.319 e. The third kappa shape index (κ3) is 4.09. The molecule has 3 N–H and O–H groups in total. The molecule has 1 aromatic heterocycles. The van der Waals surface area contributed by atoms with Gasteiger partial charge in [-0.1, -0.05) is 18.2 Å². The fourth-order valence-corrected chi connectivity index (χ4v) is 3.36. The lowest BCUT2D eigenvalue weighted by Crippen LogP contribution is -2.28. The number of fused-ring (bicyclic) bond motifs is 1. The number of ether oxygens (including phenoxy) is 1. The Bertz CT molecular complexity index is 938. The van der Waals surface area contributed by atoms with Crippen LogP contribution in [0.4, 0.5) is 16.2 Å². The van der Waals surface area contributed by atoms with Crippen molar-refractivity contribution in [1.82, 2.24) is 15.3 Å². The number of carbonyl (C=O) groups excluding carboxylic acids is 1. The van der Waals surface area contributed by atoms with Gasteiger partial charge < -0.3 is 25.3 Å². The molecule has 7 heteroatoms. The minimum absolute atomic E-state index is 0.229. The Balaban J connectivity index is 1.36. The number of methoxy groups -OCH3 is 1. The molecule has 2 aromatic carbocycles. The van der Waals surface area contributed by atoms with Gasteiger partial charge >= 0.3 is 6.03 Å². The topological polar surface area (TPSA) is 82.3 Å². The third-order valence-corrected chi connectivity index (χ3v) is 4.85. The Morgan fingerprint density at radius 2 is 2.11 bits per heavy atom. The second-order valence-corrected chi connectivity index (χ2v) is 6.73. The van der Waals surface area contributed by atoms with Gasteiger partial charge in [0.05, 0.1) is 25.7 Å². The van der Waals surface area contributed by atoms with Gasteiger partial charge in [-0.2, -0.15) is 0 Å². The molecule has 0 unspecified atom stereocenters. The quantitative estimate of drug-likeness (QED) is 0.616. The second kappa shape index (κ2) is 8.04. The number of aromatic nitrogens is 2. The molecule has 2 heterocycles. The molecule has 28 heavy (non-hydrogen) atoms. The van der Waals surface area contributed by atoms with Crippen molar-refractivity contribution in [3.63, 3.8) is 0 Å². The number of amides is 2. The molecule has 7 nitrogen and oxygen atoms in total. The zero-order valence-electron chi connectivity index (χ0n) is 15.7. The molecular formula is C21H23N5O2. The standard InChI is InChI=1S/C21H23N5O2/c1-28-19-6-2-15(3-7-19)11-23-21(27)25-17-5-4-16-8-9-26(20(16)10-17)13-18-12-22-14-24-18/h2-7,10,12,14H,8-9,11,13H2,1H3,(H,22,24)(H2,23,25,27). The van der Waals surface area contributed by atoms with Crippen molar-refractivity contribution >= 4 is 17.4 Å². The van der Waals surface area contributed by atoms with Crippen LogP contribution in [-0.4, -0.2) is 29.7 Å². The summed E-state index contributed by atoms with van der Waals surface area (Å²) in [6, 6.07) is 13.5. The fraction of sp³-hybridized carbons (Fsp3) is 0.238. The maximum atomic E-state index is 12.3. The van der Waals surface area contributed by atoms with Crippen molar-refractivity contribution in [3.05, 3.63) is 71.8 Å². The number of nitrogens with zero attached hydrogens (tertiary/aromatic N) is 2. The monoisotopic (exact) mass is 377 g/mol. The molecule has 0 saturated heterocycles. The molecular weight excluding hydrogens is 354 g/mol. The highest BCUT2D eigenvalue weighted by Crippen LogP contribution is 2.31. The number of urea groups is 1. The van der Waals surface area contributed by atoms with Crippen molar-refractivity contribution in [2.24, 2.45) is 0 Å². The molecule has 0 bridgehead atoms. The number of H-pyrrole nitrogens is 1. The first-order valence-corrected chi connectivity index (χ1v) is 9.24. The number of benzene rings is 2. The SMILES string of the molecule is COc1ccc(CNC(=O)Nc2ccc3c(c2)N(Cc2c[nH]cn2)CC3)cc1. The Labute approximate surface area is 163 Å². The lowest BCUT2D eigenvalue weighted by molar-refractivity contribution is 0.251. The summed E-state index contributed by atoms with van der Waals surface area (Å²) in [4.78, 5) is 21.8. The van der Waals surface area contributed by atoms with E-state index in [0.717, 1.165) is 47.9 Å². The van der Waals surface area contributed by atoms with Crippen LogP contribution in [0.3, 0.4) is 0 Å². The van der Waals surface area contributed by atoms with Gasteiger partial charge in [0.2, 0.25) is 0 Å². The lowest BCUT2D eigenvalue weighted by atomic mass is 10.1. The van der Waals surface area contributed by atoms with Gasteiger partial charge in [0.25, 0.3) is 0 Å². The van der Waals surface area contributed by atoms with Gasteiger partial charge in [-0.3, -0.25) is 0 Å². The van der Waals surface area contributed by atoms with Crippen molar-refractivity contribution < 1.29 is 9.53 Å². The van der Waals surface area contributed by atoms with E-state index in [1.165, 1.54) is 5.56 Å². The molecule has 0 fully saturated rings. The van der Waals surface area contributed by atoms with Crippen molar-refractivity contribution in [2.75, 3.05) is 23.9 Å². The van der Waals surface area contributed by atoms with E-state index in [4.69, 9.17) is 4.74 Å². The average Bonchev–Trinajstić information content (AvgIpc) is 3.37. The summed E-state index contributed by atoms with van der Waals surface area (Å²) in [5.74, 6) is 0.797. The first-order valence-electron chi connectivity index (χ1n) is 9.24. The van der Waals surface area contributed by atoms with Crippen LogP contribution in [0, 0.1) is 0 Å². The highest BCUT2D eigenvalue weighted by Gasteiger charge is 2.20. The second-order valence-electron chi connectivity index (χ2n) is 6.73. The predicted octanol–water partition coefficient (Wildman–Crippen LogP) is 3.30. The Morgan fingerprint density at radius 1 is 1.25 bits per heavy atom. The van der Waals surface area contributed by atoms with Crippen LogP contribution in [0.1, 0.15) is 16.8 Å². The van der Waals surface area contributed by atoms with E-state index in [0.29, 0.717) is 6.54 Å². The summed E-state index contributed by atoms with van der Waals surface area (Å²) in [6.07, 6.45) is 4.61. The van der Waals surface area contributed by atoms with Gasteiger partial charge in [0.15, 0.2) is 0 Å². The average molecular weight is 377 g/mol. The molecule has 0 atom stereocenters. The largest absolute Gasteiger partial charge is 0.497 e. The maximum Gasteiger partial charge on any atom is 0.319 e.